The van der Waals surface area contributed by atoms with Gasteiger partial charge in [0.25, 0.3) is 5.91 Å². The zero-order valence-electron chi connectivity index (χ0n) is 22.6. The van der Waals surface area contributed by atoms with E-state index in [1.807, 2.05) is 43.3 Å². The van der Waals surface area contributed by atoms with Crippen LogP contribution in [-0.2, 0) is 9.84 Å². The number of anilines is 2. The molecule has 1 amide bonds. The van der Waals surface area contributed by atoms with E-state index in [-0.39, 0.29) is 21.7 Å². The summed E-state index contributed by atoms with van der Waals surface area (Å²) in [4.78, 5) is 25.2. The van der Waals surface area contributed by atoms with Crippen molar-refractivity contribution in [3.63, 3.8) is 0 Å². The van der Waals surface area contributed by atoms with Gasteiger partial charge in [-0.2, -0.15) is 4.98 Å². The number of carbonyl (C=O) groups is 1. The zero-order chi connectivity index (χ0) is 28.4. The number of aromatic nitrogens is 2. The number of benzene rings is 2. The summed E-state index contributed by atoms with van der Waals surface area (Å²) in [6, 6.07) is 14.3. The fraction of sp³-hybridized carbons (Fsp3) is 0.345. The molecule has 0 aliphatic heterocycles. The number of nitrogens with one attached hydrogen (secondary N) is 2. The summed E-state index contributed by atoms with van der Waals surface area (Å²) in [5.41, 5.74) is 1.38. The van der Waals surface area contributed by atoms with E-state index in [2.05, 4.69) is 10.6 Å². The first-order chi connectivity index (χ1) is 19.1. The molecule has 210 valence electrons. The molecule has 0 spiro atoms. The van der Waals surface area contributed by atoms with Crippen molar-refractivity contribution < 1.29 is 13.2 Å². The normalized spacial score (nSPS) is 17.5. The molecule has 2 heterocycles. The summed E-state index contributed by atoms with van der Waals surface area (Å²) < 4.78 is 26.2. The molecule has 40 heavy (non-hydrogen) atoms. The molecule has 1 aliphatic carbocycles. The Labute approximate surface area is 243 Å². The number of carbonyl (C=O) groups excluding carboxylic acids is 1. The molecule has 1 aliphatic rings. The van der Waals surface area contributed by atoms with Crippen molar-refractivity contribution in [2.45, 2.75) is 48.4 Å². The highest BCUT2D eigenvalue weighted by Crippen LogP contribution is 2.32. The number of sulfone groups is 1. The van der Waals surface area contributed by atoms with Gasteiger partial charge in [-0.05, 0) is 80.5 Å². The Morgan fingerprint density at radius 1 is 1.05 bits per heavy atom. The van der Waals surface area contributed by atoms with Crippen molar-refractivity contribution in [3.05, 3.63) is 69.4 Å². The monoisotopic (exact) mass is 597 g/mol. The van der Waals surface area contributed by atoms with Crippen LogP contribution in [0.3, 0.4) is 0 Å². The van der Waals surface area contributed by atoms with E-state index in [4.69, 9.17) is 21.6 Å². The maximum atomic E-state index is 13.1. The van der Waals surface area contributed by atoms with E-state index in [9.17, 15) is 13.2 Å². The number of fused-ring (bicyclic) bond motifs is 1. The first-order valence-electron chi connectivity index (χ1n) is 13.2. The van der Waals surface area contributed by atoms with Gasteiger partial charge in [0.15, 0.2) is 0 Å². The van der Waals surface area contributed by atoms with E-state index in [0.717, 1.165) is 53.7 Å². The van der Waals surface area contributed by atoms with Crippen LogP contribution in [0.15, 0.2) is 63.7 Å². The standard InChI is InChI=1S/C29H32ClN5O3S2/c1-18-25(40(37,38)22-14-10-20(30)11-15-22)17-39-26(18)28(36)31-16-19-8-12-21(13-9-19)32-29-33-24-7-5-4-6-23(24)27(34-29)35(2)3/h4-7,10-11,14-15,17,19,21H,8-9,12-13,16H2,1-3H3,(H,31,36)(H,32,33,34)/t19-,21+. The third kappa shape index (κ3) is 5.94. The van der Waals surface area contributed by atoms with Crippen LogP contribution in [-0.4, -0.2) is 51.0 Å². The van der Waals surface area contributed by atoms with E-state index in [0.29, 0.717) is 33.9 Å². The molecule has 5 rings (SSSR count). The van der Waals surface area contributed by atoms with Crippen LogP contribution in [0.25, 0.3) is 10.9 Å². The Balaban J connectivity index is 1.16. The second kappa shape index (κ2) is 11.7. The number of thiophene rings is 1. The van der Waals surface area contributed by atoms with E-state index >= 15 is 0 Å². The SMILES string of the molecule is Cc1c(S(=O)(=O)c2ccc(Cl)cc2)csc1C(=O)NC[C@H]1CC[C@@H](Nc2nc(N(C)C)c3ccccc3n2)CC1. The summed E-state index contributed by atoms with van der Waals surface area (Å²) in [6.07, 6.45) is 3.84. The number of halogens is 1. The van der Waals surface area contributed by atoms with Gasteiger partial charge in [0.05, 0.1) is 20.2 Å². The van der Waals surface area contributed by atoms with Gasteiger partial charge in [0, 0.05) is 42.5 Å². The van der Waals surface area contributed by atoms with Crippen molar-refractivity contribution in [2.24, 2.45) is 5.92 Å². The van der Waals surface area contributed by atoms with Gasteiger partial charge in [0.1, 0.15) is 5.82 Å². The molecule has 2 aromatic carbocycles. The average molecular weight is 598 g/mol. The molecular formula is C29H32ClN5O3S2. The van der Waals surface area contributed by atoms with Crippen molar-refractivity contribution in [2.75, 3.05) is 30.9 Å². The highest BCUT2D eigenvalue weighted by Gasteiger charge is 2.27. The summed E-state index contributed by atoms with van der Waals surface area (Å²) in [5, 5.41) is 9.59. The predicted octanol–water partition coefficient (Wildman–Crippen LogP) is 5.95. The van der Waals surface area contributed by atoms with Gasteiger partial charge >= 0.3 is 0 Å². The van der Waals surface area contributed by atoms with Gasteiger partial charge in [0.2, 0.25) is 15.8 Å². The molecule has 2 aromatic heterocycles. The second-order valence-electron chi connectivity index (χ2n) is 10.4. The smallest absolute Gasteiger partial charge is 0.261 e. The molecule has 0 bridgehead atoms. The van der Waals surface area contributed by atoms with Crippen LogP contribution in [0, 0.1) is 12.8 Å². The fourth-order valence-electron chi connectivity index (χ4n) is 5.11. The lowest BCUT2D eigenvalue weighted by molar-refractivity contribution is 0.0946. The number of hydrogen-bond donors (Lipinski definition) is 2. The molecule has 8 nitrogen and oxygen atoms in total. The van der Waals surface area contributed by atoms with Gasteiger partial charge < -0.3 is 15.5 Å². The quantitative estimate of drug-likeness (QED) is 0.258. The Kier molecular flexibility index (Phi) is 8.30. The molecule has 2 N–H and O–H groups in total. The average Bonchev–Trinajstić information content (AvgIpc) is 3.34. The van der Waals surface area contributed by atoms with Crippen molar-refractivity contribution in [3.8, 4) is 0 Å². The predicted molar refractivity (Wildman–Crippen MR) is 162 cm³/mol. The van der Waals surface area contributed by atoms with Crippen LogP contribution < -0.4 is 15.5 Å². The van der Waals surface area contributed by atoms with Crippen LogP contribution in [0.4, 0.5) is 11.8 Å². The fourth-order valence-corrected chi connectivity index (χ4v) is 8.07. The lowest BCUT2D eigenvalue weighted by Crippen LogP contribution is -2.34. The Morgan fingerprint density at radius 2 is 1.75 bits per heavy atom. The number of rotatable bonds is 8. The molecule has 4 aromatic rings. The minimum absolute atomic E-state index is 0.155. The second-order valence-corrected chi connectivity index (χ2v) is 13.6. The highest BCUT2D eigenvalue weighted by atomic mass is 35.5. The van der Waals surface area contributed by atoms with Crippen molar-refractivity contribution in [1.29, 1.82) is 0 Å². The zero-order valence-corrected chi connectivity index (χ0v) is 25.0. The third-order valence-corrected chi connectivity index (χ3v) is 10.7. The lowest BCUT2D eigenvalue weighted by Gasteiger charge is -2.29. The third-order valence-electron chi connectivity index (χ3n) is 7.35. The number of amides is 1. The lowest BCUT2D eigenvalue weighted by atomic mass is 9.86. The number of para-hydroxylation sites is 1. The van der Waals surface area contributed by atoms with Crippen molar-refractivity contribution >= 4 is 61.4 Å². The minimum atomic E-state index is -3.73. The van der Waals surface area contributed by atoms with Gasteiger partial charge in [-0.25, -0.2) is 13.4 Å². The number of hydrogen-bond acceptors (Lipinski definition) is 8. The minimum Gasteiger partial charge on any atom is -0.362 e. The summed E-state index contributed by atoms with van der Waals surface area (Å²) in [5.74, 6) is 1.64. The van der Waals surface area contributed by atoms with Gasteiger partial charge in [-0.15, -0.1) is 11.3 Å². The largest absolute Gasteiger partial charge is 0.362 e. The van der Waals surface area contributed by atoms with E-state index < -0.39 is 9.84 Å². The number of nitrogens with zero attached hydrogens (tertiary/aromatic N) is 3. The maximum absolute atomic E-state index is 13.1. The molecule has 1 saturated carbocycles. The van der Waals surface area contributed by atoms with Crippen LogP contribution >= 0.6 is 22.9 Å². The Morgan fingerprint density at radius 3 is 2.45 bits per heavy atom. The summed E-state index contributed by atoms with van der Waals surface area (Å²) in [7, 11) is 0.228. The topological polar surface area (TPSA) is 104 Å². The van der Waals surface area contributed by atoms with Gasteiger partial charge in [-0.3, -0.25) is 4.79 Å². The first-order valence-corrected chi connectivity index (χ1v) is 15.9. The summed E-state index contributed by atoms with van der Waals surface area (Å²) in [6.45, 7) is 2.24. The molecule has 0 unspecified atom stereocenters. The molecule has 11 heteroatoms. The van der Waals surface area contributed by atoms with Crippen LogP contribution in [0.1, 0.15) is 40.9 Å². The molecule has 0 atom stereocenters. The van der Waals surface area contributed by atoms with Crippen LogP contribution in [0.2, 0.25) is 5.02 Å². The van der Waals surface area contributed by atoms with Crippen molar-refractivity contribution in [1.82, 2.24) is 15.3 Å². The Hall–Kier alpha value is -3.21. The van der Waals surface area contributed by atoms with E-state index in [1.54, 1.807) is 24.4 Å². The van der Waals surface area contributed by atoms with Gasteiger partial charge in [-0.1, -0.05) is 23.7 Å². The highest BCUT2D eigenvalue weighted by molar-refractivity contribution is 7.91. The molecule has 1 fully saturated rings. The van der Waals surface area contributed by atoms with Crippen LogP contribution in [0.5, 0.6) is 0 Å². The summed E-state index contributed by atoms with van der Waals surface area (Å²) >= 11 is 7.06. The molecule has 0 radical (unpaired) electrons. The molecule has 0 saturated heterocycles. The Bertz CT molecular complexity index is 1630. The van der Waals surface area contributed by atoms with E-state index in [1.165, 1.54) is 12.1 Å². The maximum Gasteiger partial charge on any atom is 0.261 e. The molecular weight excluding hydrogens is 566 g/mol. The first kappa shape index (κ1) is 28.3.